The van der Waals surface area contributed by atoms with Gasteiger partial charge in [-0.25, -0.2) is 0 Å². The van der Waals surface area contributed by atoms with Crippen LogP contribution >= 0.6 is 0 Å². The van der Waals surface area contributed by atoms with Crippen molar-refractivity contribution in [2.75, 3.05) is 26.7 Å². The van der Waals surface area contributed by atoms with Crippen LogP contribution in [0.25, 0.3) is 0 Å². The van der Waals surface area contributed by atoms with Crippen molar-refractivity contribution in [3.63, 3.8) is 0 Å². The normalized spacial score (nSPS) is 13.1. The van der Waals surface area contributed by atoms with Crippen LogP contribution in [0.5, 0.6) is 5.75 Å². The van der Waals surface area contributed by atoms with Crippen LogP contribution in [0.4, 0.5) is 0 Å². The zero-order valence-corrected chi connectivity index (χ0v) is 11.2. The molecule has 5 heteroatoms. The van der Waals surface area contributed by atoms with Gasteiger partial charge in [0.2, 0.25) is 0 Å². The highest BCUT2D eigenvalue weighted by Crippen LogP contribution is 2.26. The molecule has 0 aliphatic rings. The molecular formula is C12H23N3O2. The van der Waals surface area contributed by atoms with Crippen LogP contribution in [0.3, 0.4) is 0 Å². The first-order valence-electron chi connectivity index (χ1n) is 6.10. The van der Waals surface area contributed by atoms with Crippen LogP contribution in [0, 0.1) is 0 Å². The minimum absolute atomic E-state index is 0.530. The molecule has 1 rings (SSSR count). The van der Waals surface area contributed by atoms with E-state index in [1.54, 1.807) is 18.0 Å². The van der Waals surface area contributed by atoms with Crippen LogP contribution < -0.4 is 4.74 Å². The van der Waals surface area contributed by atoms with E-state index < -0.39 is 6.10 Å². The van der Waals surface area contributed by atoms with Gasteiger partial charge in [-0.2, -0.15) is 5.10 Å². The molecule has 1 aromatic rings. The quantitative estimate of drug-likeness (QED) is 0.779. The van der Waals surface area contributed by atoms with Crippen molar-refractivity contribution in [1.29, 1.82) is 0 Å². The number of ether oxygens (including phenoxy) is 1. The van der Waals surface area contributed by atoms with E-state index >= 15 is 0 Å². The van der Waals surface area contributed by atoms with Crippen LogP contribution in [0.2, 0.25) is 0 Å². The summed E-state index contributed by atoms with van der Waals surface area (Å²) < 4.78 is 6.86. The highest BCUT2D eigenvalue weighted by atomic mass is 16.5. The fourth-order valence-electron chi connectivity index (χ4n) is 1.95. The smallest absolute Gasteiger partial charge is 0.162 e. The van der Waals surface area contributed by atoms with Crippen molar-refractivity contribution >= 4 is 0 Å². The molecule has 0 aliphatic heterocycles. The molecule has 17 heavy (non-hydrogen) atoms. The number of aliphatic hydroxyl groups is 1. The lowest BCUT2D eigenvalue weighted by Crippen LogP contribution is -2.25. The fourth-order valence-corrected chi connectivity index (χ4v) is 1.95. The van der Waals surface area contributed by atoms with Crippen LogP contribution in [-0.4, -0.2) is 46.5 Å². The summed E-state index contributed by atoms with van der Waals surface area (Å²) in [5, 5.41) is 14.3. The Hall–Kier alpha value is -1.07. The van der Waals surface area contributed by atoms with Gasteiger partial charge in [0, 0.05) is 13.6 Å². The van der Waals surface area contributed by atoms with Crippen molar-refractivity contribution in [3.8, 4) is 5.75 Å². The number of rotatable bonds is 7. The van der Waals surface area contributed by atoms with Gasteiger partial charge in [0.1, 0.15) is 11.8 Å². The first kappa shape index (κ1) is 14.0. The molecule has 1 heterocycles. The maximum Gasteiger partial charge on any atom is 0.162 e. The molecule has 0 radical (unpaired) electrons. The molecule has 98 valence electrons. The zero-order valence-electron chi connectivity index (χ0n) is 11.2. The summed E-state index contributed by atoms with van der Waals surface area (Å²) in [4.78, 5) is 2.28. The third kappa shape index (κ3) is 3.44. The van der Waals surface area contributed by atoms with Crippen LogP contribution in [-0.2, 0) is 7.05 Å². The highest BCUT2D eigenvalue weighted by molar-refractivity contribution is 5.26. The number of methoxy groups -OCH3 is 1. The second-order valence-corrected chi connectivity index (χ2v) is 4.05. The van der Waals surface area contributed by atoms with E-state index in [4.69, 9.17) is 4.74 Å². The molecule has 0 aliphatic carbocycles. The summed E-state index contributed by atoms with van der Waals surface area (Å²) in [6, 6.07) is 0. The Morgan fingerprint density at radius 1 is 1.47 bits per heavy atom. The highest BCUT2D eigenvalue weighted by Gasteiger charge is 2.18. The number of aryl methyl sites for hydroxylation is 1. The maximum atomic E-state index is 10.2. The summed E-state index contributed by atoms with van der Waals surface area (Å²) in [5.74, 6) is 0.652. The average Bonchev–Trinajstić information content (AvgIpc) is 2.71. The Morgan fingerprint density at radius 3 is 2.65 bits per heavy atom. The predicted octanol–water partition coefficient (Wildman–Crippen LogP) is 1.19. The van der Waals surface area contributed by atoms with E-state index in [2.05, 4.69) is 23.8 Å². The molecule has 0 fully saturated rings. The van der Waals surface area contributed by atoms with E-state index in [9.17, 15) is 5.11 Å². The molecule has 5 nitrogen and oxygen atoms in total. The predicted molar refractivity (Wildman–Crippen MR) is 67.1 cm³/mol. The first-order valence-corrected chi connectivity index (χ1v) is 6.10. The fraction of sp³-hybridized carbons (Fsp3) is 0.750. The Morgan fingerprint density at radius 2 is 2.12 bits per heavy atom. The van der Waals surface area contributed by atoms with Crippen molar-refractivity contribution < 1.29 is 9.84 Å². The monoisotopic (exact) mass is 241 g/mol. The largest absolute Gasteiger partial charge is 0.493 e. The molecule has 1 atom stereocenters. The number of aliphatic hydroxyl groups excluding tert-OH is 1. The summed E-state index contributed by atoms with van der Waals surface area (Å²) >= 11 is 0. The van der Waals surface area contributed by atoms with E-state index in [-0.39, 0.29) is 0 Å². The summed E-state index contributed by atoms with van der Waals surface area (Å²) in [6.45, 7) is 7.14. The van der Waals surface area contributed by atoms with E-state index in [1.807, 2.05) is 7.05 Å². The van der Waals surface area contributed by atoms with E-state index in [0.29, 0.717) is 12.2 Å². The van der Waals surface area contributed by atoms with Gasteiger partial charge in [-0.1, -0.05) is 13.8 Å². The van der Waals surface area contributed by atoms with Crippen molar-refractivity contribution in [1.82, 2.24) is 14.7 Å². The lowest BCUT2D eigenvalue weighted by Gasteiger charge is -2.20. The molecule has 0 aromatic carbocycles. The van der Waals surface area contributed by atoms with Crippen molar-refractivity contribution in [2.45, 2.75) is 26.4 Å². The van der Waals surface area contributed by atoms with Crippen LogP contribution in [0.1, 0.15) is 32.1 Å². The maximum absolute atomic E-state index is 10.2. The molecule has 1 unspecified atom stereocenters. The lowest BCUT2D eigenvalue weighted by molar-refractivity contribution is 0.134. The first-order chi connectivity index (χ1) is 8.13. The molecule has 0 amide bonds. The Bertz CT molecular complexity index is 334. The third-order valence-corrected chi connectivity index (χ3v) is 3.10. The molecule has 0 spiro atoms. The van der Waals surface area contributed by atoms with Gasteiger partial charge in [0.15, 0.2) is 5.75 Å². The van der Waals surface area contributed by atoms with Gasteiger partial charge >= 0.3 is 0 Å². The van der Waals surface area contributed by atoms with Gasteiger partial charge < -0.3 is 14.7 Å². The van der Waals surface area contributed by atoms with Crippen molar-refractivity contribution in [2.24, 2.45) is 7.05 Å². The molecular weight excluding hydrogens is 218 g/mol. The van der Waals surface area contributed by atoms with Crippen LogP contribution in [0.15, 0.2) is 6.20 Å². The summed E-state index contributed by atoms with van der Waals surface area (Å²) in [5.41, 5.74) is 0.750. The topological polar surface area (TPSA) is 50.5 Å². The summed E-state index contributed by atoms with van der Waals surface area (Å²) in [6.07, 6.45) is 1.80. The third-order valence-electron chi connectivity index (χ3n) is 3.10. The van der Waals surface area contributed by atoms with E-state index in [0.717, 1.165) is 25.3 Å². The number of aromatic nitrogens is 2. The van der Waals surface area contributed by atoms with Gasteiger partial charge in [-0.05, 0) is 19.5 Å². The number of hydrogen-bond donors (Lipinski definition) is 1. The average molecular weight is 241 g/mol. The van der Waals surface area contributed by atoms with Gasteiger partial charge in [-0.15, -0.1) is 0 Å². The lowest BCUT2D eigenvalue weighted by atomic mass is 10.1. The van der Waals surface area contributed by atoms with E-state index in [1.165, 1.54) is 0 Å². The number of nitrogens with zero attached hydrogens (tertiary/aromatic N) is 3. The van der Waals surface area contributed by atoms with Gasteiger partial charge in [0.05, 0.1) is 13.3 Å². The van der Waals surface area contributed by atoms with Gasteiger partial charge in [0.25, 0.3) is 0 Å². The minimum atomic E-state index is -0.530. The second kappa shape index (κ2) is 6.61. The summed E-state index contributed by atoms with van der Waals surface area (Å²) in [7, 11) is 3.41. The zero-order chi connectivity index (χ0) is 12.8. The Kier molecular flexibility index (Phi) is 5.44. The van der Waals surface area contributed by atoms with Gasteiger partial charge in [-0.3, -0.25) is 4.68 Å². The Labute approximate surface area is 103 Å². The molecule has 1 N–H and O–H groups in total. The SMILES string of the molecule is CCN(CC)CCC(O)c1c(OC)cnn1C. The minimum Gasteiger partial charge on any atom is -0.493 e. The molecule has 0 saturated carbocycles. The van der Waals surface area contributed by atoms with Crippen molar-refractivity contribution in [3.05, 3.63) is 11.9 Å². The molecule has 0 bridgehead atoms. The second-order valence-electron chi connectivity index (χ2n) is 4.05. The number of hydrogen-bond acceptors (Lipinski definition) is 4. The molecule has 1 aromatic heterocycles. The standard InChI is InChI=1S/C12H23N3O2/c1-5-15(6-2)8-7-10(16)12-11(17-4)9-13-14(12)3/h9-10,16H,5-8H2,1-4H3. The Balaban J connectivity index is 2.62. The molecule has 0 saturated heterocycles.